The second kappa shape index (κ2) is 7.80. The van der Waals surface area contributed by atoms with Gasteiger partial charge in [0, 0.05) is 11.8 Å². The number of quaternary nitrogens is 2. The van der Waals surface area contributed by atoms with Crippen molar-refractivity contribution < 1.29 is 19.1 Å². The van der Waals surface area contributed by atoms with Gasteiger partial charge in [0.15, 0.2) is 6.54 Å². The molecule has 1 aromatic heterocycles. The van der Waals surface area contributed by atoms with Crippen molar-refractivity contribution in [3.8, 4) is 0 Å². The summed E-state index contributed by atoms with van der Waals surface area (Å²) in [6, 6.07) is 8.05. The maximum absolute atomic E-state index is 12.3. The molecular formula is C19H28N4O2+2. The summed E-state index contributed by atoms with van der Waals surface area (Å²) in [5.41, 5.74) is 4.34. The zero-order valence-corrected chi connectivity index (χ0v) is 15.3. The van der Waals surface area contributed by atoms with Gasteiger partial charge in [0.05, 0.1) is 0 Å². The number of nitrogens with zero attached hydrogens (tertiary/aromatic N) is 1. The van der Waals surface area contributed by atoms with Crippen molar-refractivity contribution in [2.45, 2.75) is 27.3 Å². The predicted octanol–water partition coefficient (Wildman–Crippen LogP) is -0.478. The number of carbonyl (C=O) groups excluding carboxylic acids is 1. The molecule has 0 aliphatic carbocycles. The fourth-order valence-corrected chi connectivity index (χ4v) is 3.32. The first-order valence-electron chi connectivity index (χ1n) is 8.96. The number of amides is 1. The van der Waals surface area contributed by atoms with Crippen LogP contribution in [0.4, 0.5) is 5.69 Å². The quantitative estimate of drug-likeness (QED) is 0.687. The molecule has 2 heterocycles. The van der Waals surface area contributed by atoms with Crippen LogP contribution < -0.4 is 15.1 Å². The minimum absolute atomic E-state index is 0.0915. The van der Waals surface area contributed by atoms with Crippen molar-refractivity contribution in [1.82, 2.24) is 5.16 Å². The van der Waals surface area contributed by atoms with Crippen molar-refractivity contribution >= 4 is 11.6 Å². The molecule has 6 heteroatoms. The third-order valence-electron chi connectivity index (χ3n) is 4.97. The van der Waals surface area contributed by atoms with Crippen molar-refractivity contribution in [3.05, 3.63) is 46.8 Å². The number of rotatable bonds is 5. The average molecular weight is 344 g/mol. The summed E-state index contributed by atoms with van der Waals surface area (Å²) >= 11 is 0. The van der Waals surface area contributed by atoms with Gasteiger partial charge in [-0.15, -0.1) is 0 Å². The smallest absolute Gasteiger partial charge is 0.279 e. The summed E-state index contributed by atoms with van der Waals surface area (Å²) in [7, 11) is 0. The van der Waals surface area contributed by atoms with Crippen LogP contribution in [-0.4, -0.2) is 43.8 Å². The van der Waals surface area contributed by atoms with Gasteiger partial charge in [-0.25, -0.2) is 0 Å². The Bertz CT molecular complexity index is 733. The molecule has 3 rings (SSSR count). The molecule has 1 aromatic carbocycles. The maximum Gasteiger partial charge on any atom is 0.279 e. The van der Waals surface area contributed by atoms with E-state index in [0.29, 0.717) is 6.54 Å². The fraction of sp³-hybridized carbons (Fsp3) is 0.474. The number of carbonyl (C=O) groups is 1. The Balaban J connectivity index is 1.43. The van der Waals surface area contributed by atoms with Crippen LogP contribution in [0.5, 0.6) is 0 Å². The Kier molecular flexibility index (Phi) is 5.50. The minimum atomic E-state index is 0.0915. The molecule has 0 saturated carbocycles. The average Bonchev–Trinajstić information content (AvgIpc) is 2.98. The molecule has 1 saturated heterocycles. The van der Waals surface area contributed by atoms with Gasteiger partial charge in [0.2, 0.25) is 0 Å². The highest BCUT2D eigenvalue weighted by molar-refractivity contribution is 5.91. The number of aromatic nitrogens is 1. The lowest BCUT2D eigenvalue weighted by Crippen LogP contribution is -3.28. The Labute approximate surface area is 148 Å². The Morgan fingerprint density at radius 2 is 1.80 bits per heavy atom. The molecule has 0 spiro atoms. The lowest BCUT2D eigenvalue weighted by Gasteiger charge is -2.28. The summed E-state index contributed by atoms with van der Waals surface area (Å²) in [4.78, 5) is 15.1. The number of hydrogen-bond acceptors (Lipinski definition) is 3. The van der Waals surface area contributed by atoms with Crippen LogP contribution in [0.25, 0.3) is 0 Å². The van der Waals surface area contributed by atoms with E-state index in [1.807, 2.05) is 31.2 Å². The zero-order chi connectivity index (χ0) is 17.8. The van der Waals surface area contributed by atoms with Crippen LogP contribution >= 0.6 is 0 Å². The number of hydrogen-bond donors (Lipinski definition) is 3. The molecule has 2 aromatic rings. The van der Waals surface area contributed by atoms with Crippen molar-refractivity contribution in [2.24, 2.45) is 0 Å². The first kappa shape index (κ1) is 17.6. The largest absolute Gasteiger partial charge is 0.361 e. The Morgan fingerprint density at radius 3 is 2.44 bits per heavy atom. The normalized spacial score (nSPS) is 20.4. The molecule has 3 N–H and O–H groups in total. The number of piperazine rings is 1. The van der Waals surface area contributed by atoms with Gasteiger partial charge in [-0.05, 0) is 44.0 Å². The molecule has 1 aliphatic rings. The summed E-state index contributed by atoms with van der Waals surface area (Å²) in [6.07, 6.45) is 0. The maximum atomic E-state index is 12.3. The van der Waals surface area contributed by atoms with Gasteiger partial charge in [0.25, 0.3) is 5.91 Å². The summed E-state index contributed by atoms with van der Waals surface area (Å²) in [6.45, 7) is 11.6. The van der Waals surface area contributed by atoms with Gasteiger partial charge >= 0.3 is 0 Å². The van der Waals surface area contributed by atoms with Crippen LogP contribution in [0, 0.1) is 20.8 Å². The number of anilines is 1. The summed E-state index contributed by atoms with van der Waals surface area (Å²) in [5.74, 6) is 0.954. The van der Waals surface area contributed by atoms with Crippen LogP contribution in [0.1, 0.15) is 22.6 Å². The van der Waals surface area contributed by atoms with Crippen molar-refractivity contribution in [3.63, 3.8) is 0 Å². The standard InChI is InChI=1S/C19H26N4O2/c1-14-4-5-17(10-15(14)2)20-19(24)13-23-8-6-22(7-9-23)12-18-11-16(3)25-21-18/h4-5,10-11H,6-9,12-13H2,1-3H3,(H,20,24)/p+2. The Morgan fingerprint density at radius 1 is 1.08 bits per heavy atom. The van der Waals surface area contributed by atoms with E-state index in [1.165, 1.54) is 20.9 Å². The second-order valence-electron chi connectivity index (χ2n) is 7.13. The van der Waals surface area contributed by atoms with Crippen LogP contribution in [0.15, 0.2) is 28.8 Å². The molecule has 0 radical (unpaired) electrons. The number of nitrogens with one attached hydrogen (secondary N) is 3. The third kappa shape index (κ3) is 4.90. The van der Waals surface area contributed by atoms with E-state index in [9.17, 15) is 4.79 Å². The minimum Gasteiger partial charge on any atom is -0.361 e. The van der Waals surface area contributed by atoms with E-state index in [0.717, 1.165) is 49.9 Å². The number of aryl methyl sites for hydroxylation is 3. The molecule has 25 heavy (non-hydrogen) atoms. The number of benzene rings is 1. The molecule has 0 unspecified atom stereocenters. The van der Waals surface area contributed by atoms with E-state index < -0.39 is 0 Å². The van der Waals surface area contributed by atoms with E-state index in [1.54, 1.807) is 0 Å². The SMILES string of the molecule is Cc1cc(C[NH+]2CC[NH+](CC(=O)Nc3ccc(C)c(C)c3)CC2)no1. The molecule has 134 valence electrons. The van der Waals surface area contributed by atoms with Gasteiger partial charge in [-0.2, -0.15) is 0 Å². The second-order valence-corrected chi connectivity index (χ2v) is 7.13. The highest BCUT2D eigenvalue weighted by Crippen LogP contribution is 2.13. The highest BCUT2D eigenvalue weighted by Gasteiger charge is 2.25. The van der Waals surface area contributed by atoms with Gasteiger partial charge in [-0.1, -0.05) is 11.2 Å². The molecular weight excluding hydrogens is 316 g/mol. The predicted molar refractivity (Wildman–Crippen MR) is 95.8 cm³/mol. The molecule has 1 fully saturated rings. The van der Waals surface area contributed by atoms with Gasteiger partial charge in [-0.3, -0.25) is 4.79 Å². The van der Waals surface area contributed by atoms with Gasteiger partial charge in [0.1, 0.15) is 44.2 Å². The summed E-state index contributed by atoms with van der Waals surface area (Å²) < 4.78 is 5.13. The van der Waals surface area contributed by atoms with E-state index in [-0.39, 0.29) is 5.91 Å². The molecule has 1 aliphatic heterocycles. The molecule has 0 bridgehead atoms. The first-order valence-corrected chi connectivity index (χ1v) is 8.96. The van der Waals surface area contributed by atoms with Gasteiger partial charge < -0.3 is 19.6 Å². The van der Waals surface area contributed by atoms with Crippen molar-refractivity contribution in [1.29, 1.82) is 0 Å². The van der Waals surface area contributed by atoms with E-state index >= 15 is 0 Å². The van der Waals surface area contributed by atoms with Crippen molar-refractivity contribution in [2.75, 3.05) is 38.0 Å². The first-order chi connectivity index (χ1) is 12.0. The monoisotopic (exact) mass is 344 g/mol. The Hall–Kier alpha value is -2.18. The van der Waals surface area contributed by atoms with E-state index in [4.69, 9.17) is 4.52 Å². The van der Waals surface area contributed by atoms with Crippen LogP contribution in [0.3, 0.4) is 0 Å². The summed E-state index contributed by atoms with van der Waals surface area (Å²) in [5, 5.41) is 7.09. The molecule has 0 atom stereocenters. The third-order valence-corrected chi connectivity index (χ3v) is 4.97. The zero-order valence-electron chi connectivity index (χ0n) is 15.3. The lowest BCUT2D eigenvalue weighted by atomic mass is 10.1. The fourth-order valence-electron chi connectivity index (χ4n) is 3.32. The molecule has 1 amide bonds. The van der Waals surface area contributed by atoms with E-state index in [2.05, 4.69) is 24.3 Å². The van der Waals surface area contributed by atoms with Crippen LogP contribution in [0.2, 0.25) is 0 Å². The van der Waals surface area contributed by atoms with Crippen LogP contribution in [-0.2, 0) is 11.3 Å². The molecule has 6 nitrogen and oxygen atoms in total. The highest BCUT2D eigenvalue weighted by atomic mass is 16.5. The topological polar surface area (TPSA) is 64.0 Å². The lowest BCUT2D eigenvalue weighted by molar-refractivity contribution is -1.02.